The van der Waals surface area contributed by atoms with Crippen LogP contribution in [0.25, 0.3) is 0 Å². The zero-order chi connectivity index (χ0) is 46.1. The van der Waals surface area contributed by atoms with Crippen LogP contribution in [0.15, 0.2) is 61.3 Å². The standard InChI is InChI=1S/C56H103NO6/c1-3-5-7-9-11-13-15-17-19-20-21-22-23-24-25-26-27-28-30-32-34-36-39-44-51(59)45-40-38-41-46-52(60)47-43-49-55(62)57-53(50-58)56(63)54(61)48-42-37-35-33-31-29-18-16-14-12-10-8-6-4-2/h3,19-20,23-24,30,32,38,40,51-54,56,58-61,63H,1,4-18,21-22,25-29,31,33-37,39,41-50H2,2H3,(H,57,62). The van der Waals surface area contributed by atoms with E-state index >= 15 is 0 Å². The molecule has 0 aromatic rings. The molecule has 6 N–H and O–H groups in total. The summed E-state index contributed by atoms with van der Waals surface area (Å²) in [4.78, 5) is 12.5. The predicted molar refractivity (Wildman–Crippen MR) is 271 cm³/mol. The number of hydrogen-bond donors (Lipinski definition) is 6. The molecule has 0 aliphatic heterocycles. The van der Waals surface area contributed by atoms with Crippen molar-refractivity contribution in [3.05, 3.63) is 61.3 Å². The number of carbonyl (C=O) groups excluding carboxylic acids is 1. The van der Waals surface area contributed by atoms with Crippen LogP contribution in [0.4, 0.5) is 0 Å². The Kier molecular flexibility index (Phi) is 47.8. The van der Waals surface area contributed by atoms with Crippen molar-refractivity contribution < 1.29 is 30.3 Å². The minimum absolute atomic E-state index is 0.182. The summed E-state index contributed by atoms with van der Waals surface area (Å²) in [7, 11) is 0. The molecule has 5 unspecified atom stereocenters. The molecular weight excluding hydrogens is 783 g/mol. The van der Waals surface area contributed by atoms with Gasteiger partial charge in [0, 0.05) is 6.42 Å². The summed E-state index contributed by atoms with van der Waals surface area (Å²) in [6.07, 6.45) is 58.2. The topological polar surface area (TPSA) is 130 Å². The van der Waals surface area contributed by atoms with Crippen molar-refractivity contribution >= 4 is 5.91 Å². The molecule has 0 aliphatic carbocycles. The first kappa shape index (κ1) is 61.0. The van der Waals surface area contributed by atoms with E-state index in [1.54, 1.807) is 0 Å². The number of hydrogen-bond acceptors (Lipinski definition) is 6. The van der Waals surface area contributed by atoms with Gasteiger partial charge in [-0.25, -0.2) is 0 Å². The Labute approximate surface area is 389 Å². The molecule has 0 aromatic carbocycles. The molecule has 0 bridgehead atoms. The summed E-state index contributed by atoms with van der Waals surface area (Å²) in [5.74, 6) is -0.301. The summed E-state index contributed by atoms with van der Waals surface area (Å²) in [6.45, 7) is 5.60. The number of carbonyl (C=O) groups is 1. The minimum atomic E-state index is -1.22. The lowest BCUT2D eigenvalue weighted by atomic mass is 9.99. The Hall–Kier alpha value is -2.03. The van der Waals surface area contributed by atoms with Gasteiger partial charge in [-0.15, -0.1) is 6.58 Å². The summed E-state index contributed by atoms with van der Waals surface area (Å²) in [5, 5.41) is 54.3. The van der Waals surface area contributed by atoms with Crippen molar-refractivity contribution in [3.63, 3.8) is 0 Å². The lowest BCUT2D eigenvalue weighted by Crippen LogP contribution is -2.50. The highest BCUT2D eigenvalue weighted by Gasteiger charge is 2.27. The normalized spacial score (nSPS) is 14.6. The van der Waals surface area contributed by atoms with Gasteiger partial charge in [0.05, 0.1) is 31.0 Å². The third-order valence-corrected chi connectivity index (χ3v) is 12.3. The first-order chi connectivity index (χ1) is 30.8. The average Bonchev–Trinajstić information content (AvgIpc) is 3.28. The van der Waals surface area contributed by atoms with Crippen molar-refractivity contribution in [3.8, 4) is 0 Å². The Morgan fingerprint density at radius 2 is 0.873 bits per heavy atom. The number of rotatable bonds is 49. The van der Waals surface area contributed by atoms with Gasteiger partial charge in [-0.3, -0.25) is 4.79 Å². The highest BCUT2D eigenvalue weighted by molar-refractivity contribution is 5.76. The molecule has 0 spiro atoms. The molecule has 7 nitrogen and oxygen atoms in total. The van der Waals surface area contributed by atoms with Gasteiger partial charge in [-0.2, -0.15) is 0 Å². The van der Waals surface area contributed by atoms with E-state index in [0.29, 0.717) is 38.5 Å². The quantitative estimate of drug-likeness (QED) is 0.0267. The van der Waals surface area contributed by atoms with Crippen LogP contribution in [-0.4, -0.2) is 68.5 Å². The molecule has 0 saturated carbocycles. The number of aliphatic hydroxyl groups is 5. The van der Waals surface area contributed by atoms with Gasteiger partial charge in [0.15, 0.2) is 0 Å². The second-order valence-corrected chi connectivity index (χ2v) is 18.5. The molecular formula is C56H103NO6. The third kappa shape index (κ3) is 44.9. The molecule has 0 aromatic heterocycles. The maximum atomic E-state index is 12.5. The van der Waals surface area contributed by atoms with Crippen LogP contribution in [0.2, 0.25) is 0 Å². The van der Waals surface area contributed by atoms with Crippen LogP contribution < -0.4 is 5.32 Å². The van der Waals surface area contributed by atoms with E-state index in [0.717, 1.165) is 70.6 Å². The number of amides is 1. The molecule has 5 atom stereocenters. The molecule has 7 heteroatoms. The summed E-state index contributed by atoms with van der Waals surface area (Å²) < 4.78 is 0. The maximum Gasteiger partial charge on any atom is 0.220 e. The zero-order valence-electron chi connectivity index (χ0n) is 41.0. The molecule has 0 radical (unpaired) electrons. The molecule has 1 amide bonds. The van der Waals surface area contributed by atoms with E-state index in [1.165, 1.54) is 128 Å². The second kappa shape index (κ2) is 49.4. The van der Waals surface area contributed by atoms with Crippen LogP contribution in [0.5, 0.6) is 0 Å². The van der Waals surface area contributed by atoms with Crippen molar-refractivity contribution in [2.24, 2.45) is 0 Å². The molecule has 368 valence electrons. The smallest absolute Gasteiger partial charge is 0.220 e. The molecule has 0 aliphatic rings. The van der Waals surface area contributed by atoms with Crippen LogP contribution in [-0.2, 0) is 4.79 Å². The van der Waals surface area contributed by atoms with E-state index in [2.05, 4.69) is 55.3 Å². The Morgan fingerprint density at radius 3 is 1.40 bits per heavy atom. The zero-order valence-corrected chi connectivity index (χ0v) is 41.0. The largest absolute Gasteiger partial charge is 0.394 e. The van der Waals surface area contributed by atoms with Crippen LogP contribution >= 0.6 is 0 Å². The number of nitrogens with one attached hydrogen (secondary N) is 1. The van der Waals surface area contributed by atoms with Crippen molar-refractivity contribution in [2.45, 2.75) is 281 Å². The van der Waals surface area contributed by atoms with E-state index in [-0.39, 0.29) is 18.4 Å². The lowest BCUT2D eigenvalue weighted by molar-refractivity contribution is -0.124. The number of aliphatic hydroxyl groups excluding tert-OH is 5. The fraction of sp³-hybridized carbons (Fsp3) is 0.804. The average molecular weight is 886 g/mol. The van der Waals surface area contributed by atoms with Gasteiger partial charge in [-0.1, -0.05) is 177 Å². The molecule has 0 fully saturated rings. The van der Waals surface area contributed by atoms with E-state index < -0.39 is 31.0 Å². The van der Waals surface area contributed by atoms with Gasteiger partial charge >= 0.3 is 0 Å². The lowest BCUT2D eigenvalue weighted by Gasteiger charge is -2.26. The Bertz CT molecular complexity index is 1090. The molecule has 0 rings (SSSR count). The monoisotopic (exact) mass is 886 g/mol. The summed E-state index contributed by atoms with van der Waals surface area (Å²) >= 11 is 0. The predicted octanol–water partition coefficient (Wildman–Crippen LogP) is 14.2. The highest BCUT2D eigenvalue weighted by atomic mass is 16.3. The van der Waals surface area contributed by atoms with E-state index in [4.69, 9.17) is 0 Å². The first-order valence-electron chi connectivity index (χ1n) is 26.7. The molecule has 63 heavy (non-hydrogen) atoms. The SMILES string of the molecule is C=CCCCCCCCC=CCCC=CCCCCC=CCCCCC(O)CC=CCCC(O)CCCC(=O)NC(CO)C(O)C(O)CCCCCCCCCCCCCCCC. The van der Waals surface area contributed by atoms with Gasteiger partial charge in [0.1, 0.15) is 6.10 Å². The number of allylic oxidation sites excluding steroid dienone is 8. The van der Waals surface area contributed by atoms with Gasteiger partial charge in [-0.05, 0) is 122 Å². The summed E-state index contributed by atoms with van der Waals surface area (Å²) in [6, 6.07) is -0.912. The van der Waals surface area contributed by atoms with Crippen molar-refractivity contribution in [2.75, 3.05) is 6.61 Å². The van der Waals surface area contributed by atoms with Crippen LogP contribution in [0, 0.1) is 0 Å². The minimum Gasteiger partial charge on any atom is -0.394 e. The highest BCUT2D eigenvalue weighted by Crippen LogP contribution is 2.16. The molecule has 0 heterocycles. The number of unbranched alkanes of at least 4 members (excludes halogenated alkanes) is 25. The van der Waals surface area contributed by atoms with E-state index in [9.17, 15) is 30.3 Å². The second-order valence-electron chi connectivity index (χ2n) is 18.5. The third-order valence-electron chi connectivity index (χ3n) is 12.3. The first-order valence-corrected chi connectivity index (χ1v) is 26.7. The Balaban J connectivity index is 3.76. The van der Waals surface area contributed by atoms with Gasteiger partial charge < -0.3 is 30.8 Å². The maximum absolute atomic E-state index is 12.5. The summed E-state index contributed by atoms with van der Waals surface area (Å²) in [5.41, 5.74) is 0. The van der Waals surface area contributed by atoms with Gasteiger partial charge in [0.25, 0.3) is 0 Å². The Morgan fingerprint density at radius 1 is 0.460 bits per heavy atom. The van der Waals surface area contributed by atoms with E-state index in [1.807, 2.05) is 18.2 Å². The fourth-order valence-corrected chi connectivity index (χ4v) is 8.07. The van der Waals surface area contributed by atoms with Crippen LogP contribution in [0.1, 0.15) is 251 Å². The van der Waals surface area contributed by atoms with Crippen molar-refractivity contribution in [1.29, 1.82) is 0 Å². The molecule has 0 saturated heterocycles. The van der Waals surface area contributed by atoms with Crippen molar-refractivity contribution in [1.82, 2.24) is 5.32 Å². The van der Waals surface area contributed by atoms with Crippen LogP contribution in [0.3, 0.4) is 0 Å². The fourth-order valence-electron chi connectivity index (χ4n) is 8.07. The van der Waals surface area contributed by atoms with Gasteiger partial charge in [0.2, 0.25) is 5.91 Å².